The fourth-order valence-corrected chi connectivity index (χ4v) is 1.90. The summed E-state index contributed by atoms with van der Waals surface area (Å²) in [6.07, 6.45) is 2.63. The second-order valence-electron chi connectivity index (χ2n) is 3.48. The Labute approximate surface area is 85.4 Å². The number of aromatic amines is 1. The highest BCUT2D eigenvalue weighted by molar-refractivity contribution is 6.26. The quantitative estimate of drug-likeness (QED) is 0.703. The molecule has 0 bridgehead atoms. The molecular weight excluding hydrogens is 190 g/mol. The molecule has 1 aromatic carbocycles. The number of H-pyrrole nitrogens is 1. The van der Waals surface area contributed by atoms with E-state index in [1.54, 1.807) is 0 Å². The number of aromatic nitrogens is 1. The van der Waals surface area contributed by atoms with Gasteiger partial charge in [0, 0.05) is 10.9 Å². The van der Waals surface area contributed by atoms with Gasteiger partial charge in [-0.25, -0.2) is 0 Å². The van der Waals surface area contributed by atoms with Crippen LogP contribution in [0.1, 0.15) is 20.8 Å². The van der Waals surface area contributed by atoms with E-state index in [0.717, 1.165) is 10.9 Å². The van der Waals surface area contributed by atoms with Gasteiger partial charge >= 0.3 is 0 Å². The van der Waals surface area contributed by atoms with E-state index in [9.17, 15) is 9.59 Å². The van der Waals surface area contributed by atoms with Crippen molar-refractivity contribution in [1.29, 1.82) is 0 Å². The minimum absolute atomic E-state index is 0.109. The zero-order chi connectivity index (χ0) is 10.4. The van der Waals surface area contributed by atoms with Crippen LogP contribution >= 0.6 is 0 Å². The molecule has 0 atom stereocenters. The fraction of sp³-hybridized carbons (Fsp3) is 0. The number of hydrogen-bond donors (Lipinski definition) is 1. The van der Waals surface area contributed by atoms with Gasteiger partial charge in [0.15, 0.2) is 5.78 Å². The Morgan fingerprint density at radius 2 is 1.67 bits per heavy atom. The molecule has 1 heterocycles. The molecule has 0 radical (unpaired) electrons. The molecule has 2 aromatic rings. The second kappa shape index (κ2) is 2.67. The van der Waals surface area contributed by atoms with Gasteiger partial charge in [0.2, 0.25) is 5.78 Å². The summed E-state index contributed by atoms with van der Waals surface area (Å²) in [7, 11) is 0. The molecule has 1 aliphatic rings. The zero-order valence-electron chi connectivity index (χ0n) is 7.78. The predicted molar refractivity (Wildman–Crippen MR) is 56.1 cm³/mol. The molecule has 1 N–H and O–H groups in total. The summed E-state index contributed by atoms with van der Waals surface area (Å²) in [6, 6.07) is 7.42. The van der Waals surface area contributed by atoms with Crippen molar-refractivity contribution >= 4 is 22.5 Å². The minimum Gasteiger partial charge on any atom is -0.351 e. The van der Waals surface area contributed by atoms with Crippen molar-refractivity contribution in [3.05, 3.63) is 47.7 Å². The molecule has 3 heteroatoms. The highest BCUT2D eigenvalue weighted by atomic mass is 16.1. The van der Waals surface area contributed by atoms with E-state index >= 15 is 0 Å². The molecule has 0 saturated heterocycles. The van der Waals surface area contributed by atoms with Crippen molar-refractivity contribution in [2.75, 3.05) is 0 Å². The molecular formula is C12H7NO2. The number of rotatable bonds is 0. The van der Waals surface area contributed by atoms with Gasteiger partial charge in [0.1, 0.15) is 0 Å². The average molecular weight is 197 g/mol. The normalized spacial score (nSPS) is 14.7. The summed E-state index contributed by atoms with van der Waals surface area (Å²) in [5.41, 5.74) is 1.73. The Hall–Kier alpha value is -2.16. The SMILES string of the molecule is O=C1C=CC(=O)c2c1[nH]c1ccccc21. The minimum atomic E-state index is -0.138. The molecule has 0 aliphatic heterocycles. The maximum Gasteiger partial charge on any atom is 0.202 e. The number of para-hydroxylation sites is 1. The van der Waals surface area contributed by atoms with Crippen molar-refractivity contribution < 1.29 is 9.59 Å². The number of hydrogen-bond acceptors (Lipinski definition) is 2. The Kier molecular flexibility index (Phi) is 1.45. The van der Waals surface area contributed by atoms with Gasteiger partial charge in [-0.05, 0) is 18.2 Å². The zero-order valence-corrected chi connectivity index (χ0v) is 7.78. The Balaban J connectivity index is 2.47. The summed E-state index contributed by atoms with van der Waals surface area (Å²) in [4.78, 5) is 26.2. The predicted octanol–water partition coefficient (Wildman–Crippen LogP) is 2.10. The second-order valence-corrected chi connectivity index (χ2v) is 3.48. The Bertz CT molecular complexity index is 620. The summed E-state index contributed by atoms with van der Waals surface area (Å²) < 4.78 is 0. The molecule has 0 spiro atoms. The van der Waals surface area contributed by atoms with Crippen molar-refractivity contribution in [2.24, 2.45) is 0 Å². The van der Waals surface area contributed by atoms with E-state index in [4.69, 9.17) is 0 Å². The van der Waals surface area contributed by atoms with Crippen LogP contribution in [-0.2, 0) is 0 Å². The molecule has 1 aromatic heterocycles. The number of nitrogens with one attached hydrogen (secondary N) is 1. The molecule has 3 nitrogen and oxygen atoms in total. The molecule has 1 aliphatic carbocycles. The number of allylic oxidation sites excluding steroid dienone is 2. The maximum absolute atomic E-state index is 11.6. The third kappa shape index (κ3) is 1.00. The highest BCUT2D eigenvalue weighted by Crippen LogP contribution is 2.25. The van der Waals surface area contributed by atoms with Gasteiger partial charge in [0.05, 0.1) is 11.3 Å². The standard InChI is InChI=1S/C12H7NO2/c14-9-5-6-10(15)12-11(9)7-3-1-2-4-8(7)13-12/h1-6,13H. The molecule has 72 valence electrons. The molecule has 0 saturated carbocycles. The summed E-state index contributed by atoms with van der Waals surface area (Å²) in [6.45, 7) is 0. The van der Waals surface area contributed by atoms with Crippen LogP contribution < -0.4 is 0 Å². The van der Waals surface area contributed by atoms with E-state index in [1.165, 1.54) is 12.2 Å². The Morgan fingerprint density at radius 1 is 0.933 bits per heavy atom. The maximum atomic E-state index is 11.6. The number of carbonyl (C=O) groups excluding carboxylic acids is 2. The fourth-order valence-electron chi connectivity index (χ4n) is 1.90. The van der Waals surface area contributed by atoms with Crippen LogP contribution in [0.25, 0.3) is 10.9 Å². The van der Waals surface area contributed by atoms with Gasteiger partial charge in [-0.2, -0.15) is 0 Å². The smallest absolute Gasteiger partial charge is 0.202 e. The highest BCUT2D eigenvalue weighted by Gasteiger charge is 2.23. The van der Waals surface area contributed by atoms with Crippen molar-refractivity contribution in [3.63, 3.8) is 0 Å². The first-order chi connectivity index (χ1) is 7.27. The lowest BCUT2D eigenvalue weighted by Crippen LogP contribution is -2.09. The number of ketones is 2. The van der Waals surface area contributed by atoms with Crippen LogP contribution in [0.3, 0.4) is 0 Å². The van der Waals surface area contributed by atoms with Crippen LogP contribution in [0.15, 0.2) is 36.4 Å². The number of fused-ring (bicyclic) bond motifs is 3. The van der Waals surface area contributed by atoms with E-state index < -0.39 is 0 Å². The lowest BCUT2D eigenvalue weighted by molar-refractivity contribution is 0.0993. The van der Waals surface area contributed by atoms with Gasteiger partial charge < -0.3 is 4.98 Å². The molecule has 0 fully saturated rings. The molecule has 15 heavy (non-hydrogen) atoms. The van der Waals surface area contributed by atoms with E-state index in [1.807, 2.05) is 24.3 Å². The van der Waals surface area contributed by atoms with E-state index in [-0.39, 0.29) is 11.6 Å². The average Bonchev–Trinajstić information content (AvgIpc) is 2.64. The molecule has 0 amide bonds. The van der Waals surface area contributed by atoms with Crippen LogP contribution in [0.4, 0.5) is 0 Å². The topological polar surface area (TPSA) is 49.9 Å². The molecule has 0 unspecified atom stereocenters. The lowest BCUT2D eigenvalue weighted by atomic mass is 9.99. The first-order valence-electron chi connectivity index (χ1n) is 4.65. The van der Waals surface area contributed by atoms with Crippen LogP contribution in [0, 0.1) is 0 Å². The Morgan fingerprint density at radius 3 is 2.53 bits per heavy atom. The van der Waals surface area contributed by atoms with E-state index in [2.05, 4.69) is 4.98 Å². The monoisotopic (exact) mass is 197 g/mol. The van der Waals surface area contributed by atoms with Gasteiger partial charge in [-0.3, -0.25) is 9.59 Å². The first-order valence-corrected chi connectivity index (χ1v) is 4.65. The number of benzene rings is 1. The largest absolute Gasteiger partial charge is 0.351 e. The summed E-state index contributed by atoms with van der Waals surface area (Å²) in [5, 5.41) is 0.815. The van der Waals surface area contributed by atoms with Crippen LogP contribution in [0.2, 0.25) is 0 Å². The van der Waals surface area contributed by atoms with Gasteiger partial charge in [0.25, 0.3) is 0 Å². The lowest BCUT2D eigenvalue weighted by Gasteiger charge is -2.02. The van der Waals surface area contributed by atoms with Gasteiger partial charge in [-0.15, -0.1) is 0 Å². The van der Waals surface area contributed by atoms with E-state index in [0.29, 0.717) is 11.3 Å². The molecule has 3 rings (SSSR count). The van der Waals surface area contributed by atoms with Crippen molar-refractivity contribution in [2.45, 2.75) is 0 Å². The summed E-state index contributed by atoms with van der Waals surface area (Å²) >= 11 is 0. The first kappa shape index (κ1) is 8.17. The van der Waals surface area contributed by atoms with Crippen LogP contribution in [0.5, 0.6) is 0 Å². The number of carbonyl (C=O) groups is 2. The van der Waals surface area contributed by atoms with Crippen molar-refractivity contribution in [1.82, 2.24) is 4.98 Å². The third-order valence-corrected chi connectivity index (χ3v) is 2.58. The third-order valence-electron chi connectivity index (χ3n) is 2.58. The van der Waals surface area contributed by atoms with Gasteiger partial charge in [-0.1, -0.05) is 18.2 Å². The van der Waals surface area contributed by atoms with Crippen LogP contribution in [-0.4, -0.2) is 16.6 Å². The van der Waals surface area contributed by atoms with Crippen molar-refractivity contribution in [3.8, 4) is 0 Å². The summed E-state index contributed by atoms with van der Waals surface area (Å²) in [5.74, 6) is -0.247.